The lowest BCUT2D eigenvalue weighted by Crippen LogP contribution is -2.38. The lowest BCUT2D eigenvalue weighted by molar-refractivity contribution is 0.240. The summed E-state index contributed by atoms with van der Waals surface area (Å²) in [5, 5.41) is 14.6. The summed E-state index contributed by atoms with van der Waals surface area (Å²) in [6.45, 7) is 5.85. The van der Waals surface area contributed by atoms with E-state index in [2.05, 4.69) is 39.5 Å². The van der Waals surface area contributed by atoms with Crippen LogP contribution in [0.5, 0.6) is 5.75 Å². The summed E-state index contributed by atoms with van der Waals surface area (Å²) in [4.78, 5) is 12.0. The van der Waals surface area contributed by atoms with E-state index in [1.165, 1.54) is 11.1 Å². The minimum Gasteiger partial charge on any atom is -0.497 e. The summed E-state index contributed by atoms with van der Waals surface area (Å²) >= 11 is 1.68. The first-order chi connectivity index (χ1) is 13.6. The molecule has 0 aliphatic carbocycles. The number of methoxy groups -OCH3 is 1. The van der Waals surface area contributed by atoms with E-state index in [0.717, 1.165) is 29.1 Å². The van der Waals surface area contributed by atoms with Gasteiger partial charge in [0.1, 0.15) is 5.75 Å². The Morgan fingerprint density at radius 1 is 1.14 bits per heavy atom. The number of hydrogen-bond donors (Lipinski definition) is 2. The van der Waals surface area contributed by atoms with E-state index >= 15 is 0 Å². The predicted octanol–water partition coefficient (Wildman–Crippen LogP) is 3.78. The maximum absolute atomic E-state index is 12.0. The van der Waals surface area contributed by atoms with Crippen molar-refractivity contribution in [3.05, 3.63) is 58.0 Å². The van der Waals surface area contributed by atoms with Gasteiger partial charge < -0.3 is 15.4 Å². The molecule has 3 rings (SSSR count). The first-order valence-electron chi connectivity index (χ1n) is 9.29. The van der Waals surface area contributed by atoms with Crippen molar-refractivity contribution in [3.8, 4) is 16.9 Å². The molecule has 2 amide bonds. The quantitative estimate of drug-likeness (QED) is 0.607. The SMILES string of the molecule is COc1ccc(CCNC(=O)NCCn2nc(C)c(-c3ccsc3)c2C)cc1. The van der Waals surface area contributed by atoms with Gasteiger partial charge in [-0.15, -0.1) is 0 Å². The highest BCUT2D eigenvalue weighted by Crippen LogP contribution is 2.28. The Balaban J connectivity index is 1.42. The Labute approximate surface area is 169 Å². The van der Waals surface area contributed by atoms with Gasteiger partial charge in [-0.25, -0.2) is 4.79 Å². The van der Waals surface area contributed by atoms with Crippen molar-refractivity contribution in [2.45, 2.75) is 26.8 Å². The minimum atomic E-state index is -0.159. The lowest BCUT2D eigenvalue weighted by Gasteiger charge is -2.09. The second-order valence-electron chi connectivity index (χ2n) is 6.56. The molecule has 3 aromatic rings. The Bertz CT molecular complexity index is 901. The van der Waals surface area contributed by atoms with Gasteiger partial charge >= 0.3 is 6.03 Å². The van der Waals surface area contributed by atoms with E-state index < -0.39 is 0 Å². The highest BCUT2D eigenvalue weighted by Gasteiger charge is 2.13. The highest BCUT2D eigenvalue weighted by atomic mass is 32.1. The van der Waals surface area contributed by atoms with Crippen LogP contribution in [0, 0.1) is 13.8 Å². The molecular formula is C21H26N4O2S. The van der Waals surface area contributed by atoms with Crippen LogP contribution in [0.3, 0.4) is 0 Å². The lowest BCUT2D eigenvalue weighted by atomic mass is 10.1. The number of rotatable bonds is 8. The fourth-order valence-corrected chi connectivity index (χ4v) is 3.84. The Hall–Kier alpha value is -2.80. The summed E-state index contributed by atoms with van der Waals surface area (Å²) in [6.07, 6.45) is 0.777. The van der Waals surface area contributed by atoms with Gasteiger partial charge in [-0.3, -0.25) is 4.68 Å². The largest absolute Gasteiger partial charge is 0.497 e. The van der Waals surface area contributed by atoms with Gasteiger partial charge in [0, 0.05) is 24.3 Å². The molecule has 0 atom stereocenters. The third-order valence-electron chi connectivity index (χ3n) is 4.66. The molecule has 0 unspecified atom stereocenters. The van der Waals surface area contributed by atoms with Gasteiger partial charge in [-0.2, -0.15) is 16.4 Å². The molecule has 6 nitrogen and oxygen atoms in total. The summed E-state index contributed by atoms with van der Waals surface area (Å²) in [5.41, 5.74) is 5.68. The van der Waals surface area contributed by atoms with Crippen LogP contribution in [0.25, 0.3) is 11.1 Å². The minimum absolute atomic E-state index is 0.159. The van der Waals surface area contributed by atoms with Crippen LogP contribution in [-0.4, -0.2) is 36.0 Å². The van der Waals surface area contributed by atoms with E-state index in [4.69, 9.17) is 4.74 Å². The van der Waals surface area contributed by atoms with Gasteiger partial charge in [-0.1, -0.05) is 12.1 Å². The number of hydrogen-bond acceptors (Lipinski definition) is 4. The number of ether oxygens (including phenoxy) is 1. The van der Waals surface area contributed by atoms with Crippen LogP contribution in [0.15, 0.2) is 41.1 Å². The summed E-state index contributed by atoms with van der Waals surface area (Å²) in [5.74, 6) is 0.834. The average molecular weight is 399 g/mol. The Morgan fingerprint density at radius 2 is 1.89 bits per heavy atom. The number of thiophene rings is 1. The summed E-state index contributed by atoms with van der Waals surface area (Å²) in [6, 6.07) is 9.81. The molecule has 1 aromatic carbocycles. The number of nitrogens with one attached hydrogen (secondary N) is 2. The van der Waals surface area contributed by atoms with Crippen LogP contribution in [0.1, 0.15) is 17.0 Å². The number of amides is 2. The fourth-order valence-electron chi connectivity index (χ4n) is 3.19. The van der Waals surface area contributed by atoms with Crippen molar-refractivity contribution in [1.82, 2.24) is 20.4 Å². The van der Waals surface area contributed by atoms with E-state index in [1.807, 2.05) is 35.9 Å². The Kier molecular flexibility index (Phi) is 6.71. The predicted molar refractivity (Wildman–Crippen MR) is 113 cm³/mol. The van der Waals surface area contributed by atoms with Crippen molar-refractivity contribution in [2.24, 2.45) is 0 Å². The molecule has 0 radical (unpaired) electrons. The number of aryl methyl sites for hydroxylation is 1. The number of aromatic nitrogens is 2. The van der Waals surface area contributed by atoms with Crippen LogP contribution < -0.4 is 15.4 Å². The standard InChI is InChI=1S/C21H26N4O2S/c1-15-20(18-9-13-28-14-18)16(2)25(24-15)12-11-23-21(26)22-10-8-17-4-6-19(27-3)7-5-17/h4-7,9,13-14H,8,10-12H2,1-3H3,(H2,22,23,26). The number of carbonyl (C=O) groups is 1. The number of urea groups is 1. The zero-order valence-corrected chi connectivity index (χ0v) is 17.3. The van der Waals surface area contributed by atoms with Gasteiger partial charge in [-0.05, 0) is 60.4 Å². The Morgan fingerprint density at radius 3 is 2.57 bits per heavy atom. The zero-order valence-electron chi connectivity index (χ0n) is 16.5. The zero-order chi connectivity index (χ0) is 19.9. The molecule has 2 heterocycles. The van der Waals surface area contributed by atoms with Gasteiger partial charge in [0.2, 0.25) is 0 Å². The number of benzene rings is 1. The second kappa shape index (κ2) is 9.41. The topological polar surface area (TPSA) is 68.2 Å². The van der Waals surface area contributed by atoms with Gasteiger partial charge in [0.25, 0.3) is 0 Å². The number of carbonyl (C=O) groups excluding carboxylic acids is 1. The molecule has 2 aromatic heterocycles. The first kappa shape index (κ1) is 19.9. The molecule has 0 spiro atoms. The highest BCUT2D eigenvalue weighted by molar-refractivity contribution is 7.08. The van der Waals surface area contributed by atoms with E-state index in [1.54, 1.807) is 18.4 Å². The maximum Gasteiger partial charge on any atom is 0.314 e. The summed E-state index contributed by atoms with van der Waals surface area (Å²) in [7, 11) is 1.65. The molecule has 0 bridgehead atoms. The smallest absolute Gasteiger partial charge is 0.314 e. The molecule has 0 saturated heterocycles. The van der Waals surface area contributed by atoms with Crippen LogP contribution in [0.4, 0.5) is 4.79 Å². The molecular weight excluding hydrogens is 372 g/mol. The van der Waals surface area contributed by atoms with Crippen LogP contribution >= 0.6 is 11.3 Å². The maximum atomic E-state index is 12.0. The van der Waals surface area contributed by atoms with Crippen molar-refractivity contribution < 1.29 is 9.53 Å². The molecule has 0 saturated carbocycles. The average Bonchev–Trinajstić information content (AvgIpc) is 3.30. The van der Waals surface area contributed by atoms with Crippen molar-refractivity contribution in [3.63, 3.8) is 0 Å². The fraction of sp³-hybridized carbons (Fsp3) is 0.333. The molecule has 28 heavy (non-hydrogen) atoms. The molecule has 148 valence electrons. The third-order valence-corrected chi connectivity index (χ3v) is 5.34. The monoisotopic (exact) mass is 398 g/mol. The third kappa shape index (κ3) is 4.92. The van der Waals surface area contributed by atoms with Crippen molar-refractivity contribution in [2.75, 3.05) is 20.2 Å². The number of nitrogens with zero attached hydrogens (tertiary/aromatic N) is 2. The van der Waals surface area contributed by atoms with Gasteiger partial charge in [0.05, 0.1) is 19.3 Å². The van der Waals surface area contributed by atoms with E-state index in [0.29, 0.717) is 19.6 Å². The van der Waals surface area contributed by atoms with Crippen molar-refractivity contribution >= 4 is 17.4 Å². The molecule has 0 aliphatic heterocycles. The molecule has 0 fully saturated rings. The van der Waals surface area contributed by atoms with Crippen LogP contribution in [0.2, 0.25) is 0 Å². The van der Waals surface area contributed by atoms with Gasteiger partial charge in [0.15, 0.2) is 0 Å². The normalized spacial score (nSPS) is 10.7. The molecule has 0 aliphatic rings. The molecule has 2 N–H and O–H groups in total. The first-order valence-corrected chi connectivity index (χ1v) is 10.2. The second-order valence-corrected chi connectivity index (χ2v) is 7.34. The van der Waals surface area contributed by atoms with Crippen molar-refractivity contribution in [1.29, 1.82) is 0 Å². The van der Waals surface area contributed by atoms with E-state index in [9.17, 15) is 4.79 Å². The van der Waals surface area contributed by atoms with E-state index in [-0.39, 0.29) is 6.03 Å². The summed E-state index contributed by atoms with van der Waals surface area (Å²) < 4.78 is 7.10. The molecule has 7 heteroatoms. The van der Waals surface area contributed by atoms with Crippen LogP contribution in [-0.2, 0) is 13.0 Å².